The standard InChI is InChI=1S/C17H17F3N2O/c1-16(13-6-3-2-4-7-13)12-22(10-11-23-16)15-14(17(18,19)20)8-5-9-21-15/h2-9H,10-12H2,1H3. The molecule has 0 spiro atoms. The van der Waals surface area contributed by atoms with Crippen LogP contribution in [0.1, 0.15) is 18.1 Å². The van der Waals surface area contributed by atoms with Crippen LogP contribution in [0.4, 0.5) is 19.0 Å². The molecule has 23 heavy (non-hydrogen) atoms. The van der Waals surface area contributed by atoms with E-state index in [4.69, 9.17) is 4.74 Å². The van der Waals surface area contributed by atoms with Crippen molar-refractivity contribution in [2.24, 2.45) is 0 Å². The van der Waals surface area contributed by atoms with Crippen molar-refractivity contribution in [1.29, 1.82) is 0 Å². The van der Waals surface area contributed by atoms with Crippen molar-refractivity contribution in [2.75, 3.05) is 24.6 Å². The SMILES string of the molecule is CC1(c2ccccc2)CN(c2ncccc2C(F)(F)F)CCO1. The van der Waals surface area contributed by atoms with Crippen molar-refractivity contribution >= 4 is 5.82 Å². The van der Waals surface area contributed by atoms with Crippen molar-refractivity contribution < 1.29 is 17.9 Å². The highest BCUT2D eigenvalue weighted by atomic mass is 19.4. The Bertz CT molecular complexity index is 675. The number of nitrogens with zero attached hydrogens (tertiary/aromatic N) is 2. The van der Waals surface area contributed by atoms with Gasteiger partial charge in [0.1, 0.15) is 11.4 Å². The summed E-state index contributed by atoms with van der Waals surface area (Å²) in [7, 11) is 0. The Hall–Kier alpha value is -2.08. The number of hydrogen-bond donors (Lipinski definition) is 0. The van der Waals surface area contributed by atoms with Crippen LogP contribution in [0.2, 0.25) is 0 Å². The molecule has 0 N–H and O–H groups in total. The van der Waals surface area contributed by atoms with E-state index in [1.807, 2.05) is 37.3 Å². The van der Waals surface area contributed by atoms with Gasteiger partial charge < -0.3 is 9.64 Å². The smallest absolute Gasteiger partial charge is 0.367 e. The Labute approximate surface area is 132 Å². The molecule has 3 nitrogen and oxygen atoms in total. The minimum Gasteiger partial charge on any atom is -0.367 e. The maximum Gasteiger partial charge on any atom is 0.419 e. The Morgan fingerprint density at radius 3 is 2.57 bits per heavy atom. The lowest BCUT2D eigenvalue weighted by atomic mass is 9.93. The number of aromatic nitrogens is 1. The summed E-state index contributed by atoms with van der Waals surface area (Å²) in [4.78, 5) is 5.63. The highest BCUT2D eigenvalue weighted by Gasteiger charge is 2.39. The number of halogens is 3. The van der Waals surface area contributed by atoms with Crippen LogP contribution in [0.15, 0.2) is 48.7 Å². The van der Waals surface area contributed by atoms with Crippen LogP contribution in [0.5, 0.6) is 0 Å². The van der Waals surface area contributed by atoms with Gasteiger partial charge in [-0.25, -0.2) is 4.98 Å². The van der Waals surface area contributed by atoms with Crippen LogP contribution >= 0.6 is 0 Å². The van der Waals surface area contributed by atoms with E-state index in [0.29, 0.717) is 19.7 Å². The first-order valence-electron chi connectivity index (χ1n) is 7.37. The molecule has 0 amide bonds. The average molecular weight is 322 g/mol. The fourth-order valence-electron chi connectivity index (χ4n) is 2.89. The number of ether oxygens (including phenoxy) is 1. The van der Waals surface area contributed by atoms with Gasteiger partial charge in [0.25, 0.3) is 0 Å². The molecule has 2 heterocycles. The van der Waals surface area contributed by atoms with Gasteiger partial charge in [-0.3, -0.25) is 0 Å². The largest absolute Gasteiger partial charge is 0.419 e. The summed E-state index contributed by atoms with van der Waals surface area (Å²) in [5.74, 6) is -0.0366. The van der Waals surface area contributed by atoms with E-state index >= 15 is 0 Å². The fraction of sp³-hybridized carbons (Fsp3) is 0.353. The number of hydrogen-bond acceptors (Lipinski definition) is 3. The Balaban J connectivity index is 1.94. The Morgan fingerprint density at radius 2 is 1.87 bits per heavy atom. The van der Waals surface area contributed by atoms with Crippen LogP contribution < -0.4 is 4.90 Å². The lowest BCUT2D eigenvalue weighted by Crippen LogP contribution is -2.49. The zero-order valence-corrected chi connectivity index (χ0v) is 12.7. The van der Waals surface area contributed by atoms with Gasteiger partial charge in [-0.15, -0.1) is 0 Å². The third-order valence-corrected chi connectivity index (χ3v) is 4.05. The van der Waals surface area contributed by atoms with Gasteiger partial charge in [-0.2, -0.15) is 13.2 Å². The zero-order chi connectivity index (χ0) is 16.5. The lowest BCUT2D eigenvalue weighted by Gasteiger charge is -2.42. The Morgan fingerprint density at radius 1 is 1.13 bits per heavy atom. The molecule has 1 saturated heterocycles. The third kappa shape index (κ3) is 3.17. The number of morpholine rings is 1. The molecule has 1 aliphatic rings. The van der Waals surface area contributed by atoms with Crippen LogP contribution in [0.25, 0.3) is 0 Å². The molecule has 3 rings (SSSR count). The quantitative estimate of drug-likeness (QED) is 0.840. The summed E-state index contributed by atoms with van der Waals surface area (Å²) in [6.07, 6.45) is -3.04. The normalized spacial score (nSPS) is 22.2. The molecule has 1 fully saturated rings. The summed E-state index contributed by atoms with van der Waals surface area (Å²) >= 11 is 0. The monoisotopic (exact) mass is 322 g/mol. The van der Waals surface area contributed by atoms with Crippen LogP contribution in [0.3, 0.4) is 0 Å². The van der Waals surface area contributed by atoms with E-state index in [9.17, 15) is 13.2 Å². The van der Waals surface area contributed by atoms with Crippen LogP contribution in [0, 0.1) is 0 Å². The van der Waals surface area contributed by atoms with E-state index in [2.05, 4.69) is 4.98 Å². The molecule has 1 aromatic carbocycles. The average Bonchev–Trinajstić information content (AvgIpc) is 2.55. The molecule has 1 unspecified atom stereocenters. The maximum atomic E-state index is 13.2. The predicted molar refractivity (Wildman–Crippen MR) is 81.2 cm³/mol. The summed E-state index contributed by atoms with van der Waals surface area (Å²) in [6, 6.07) is 11.9. The zero-order valence-electron chi connectivity index (χ0n) is 12.7. The first kappa shape index (κ1) is 15.8. The summed E-state index contributed by atoms with van der Waals surface area (Å²) in [6.45, 7) is 2.93. The second-order valence-electron chi connectivity index (χ2n) is 5.74. The first-order chi connectivity index (χ1) is 10.9. The lowest BCUT2D eigenvalue weighted by molar-refractivity contribution is -0.137. The molecule has 0 saturated carbocycles. The molecule has 122 valence electrons. The van der Waals surface area contributed by atoms with Gasteiger partial charge in [0.2, 0.25) is 0 Å². The van der Waals surface area contributed by atoms with Crippen molar-refractivity contribution in [3.8, 4) is 0 Å². The highest BCUT2D eigenvalue weighted by molar-refractivity contribution is 5.49. The highest BCUT2D eigenvalue weighted by Crippen LogP contribution is 2.38. The predicted octanol–water partition coefficient (Wildman–Crippen LogP) is 3.85. The number of anilines is 1. The van der Waals surface area contributed by atoms with E-state index in [-0.39, 0.29) is 5.82 Å². The molecule has 1 aromatic heterocycles. The fourth-order valence-corrected chi connectivity index (χ4v) is 2.89. The van der Waals surface area contributed by atoms with Gasteiger partial charge in [0.15, 0.2) is 0 Å². The van der Waals surface area contributed by atoms with E-state index < -0.39 is 17.3 Å². The van der Waals surface area contributed by atoms with Crippen molar-refractivity contribution in [1.82, 2.24) is 4.98 Å². The second kappa shape index (κ2) is 5.85. The van der Waals surface area contributed by atoms with Crippen molar-refractivity contribution in [2.45, 2.75) is 18.7 Å². The third-order valence-electron chi connectivity index (χ3n) is 4.05. The molecule has 6 heteroatoms. The molecule has 1 atom stereocenters. The van der Waals surface area contributed by atoms with Gasteiger partial charge in [0, 0.05) is 12.7 Å². The second-order valence-corrected chi connectivity index (χ2v) is 5.74. The topological polar surface area (TPSA) is 25.4 Å². The van der Waals surface area contributed by atoms with Gasteiger partial charge >= 0.3 is 6.18 Å². The van der Waals surface area contributed by atoms with Gasteiger partial charge in [0.05, 0.1) is 18.7 Å². The molecule has 0 radical (unpaired) electrons. The number of rotatable bonds is 2. The summed E-state index contributed by atoms with van der Waals surface area (Å²) in [5.41, 5.74) is -0.439. The molecular weight excluding hydrogens is 305 g/mol. The molecule has 0 bridgehead atoms. The molecule has 0 aliphatic carbocycles. The molecular formula is C17H17F3N2O. The van der Waals surface area contributed by atoms with Gasteiger partial charge in [-0.05, 0) is 24.6 Å². The minimum atomic E-state index is -4.43. The first-order valence-corrected chi connectivity index (χ1v) is 7.37. The number of pyridine rings is 1. The Kier molecular flexibility index (Phi) is 4.02. The number of alkyl halides is 3. The van der Waals surface area contributed by atoms with Crippen molar-refractivity contribution in [3.05, 3.63) is 59.8 Å². The van der Waals surface area contributed by atoms with E-state index in [1.54, 1.807) is 4.90 Å². The van der Waals surface area contributed by atoms with Crippen LogP contribution in [-0.2, 0) is 16.5 Å². The minimum absolute atomic E-state index is 0.0366. The van der Waals surface area contributed by atoms with Crippen LogP contribution in [-0.4, -0.2) is 24.7 Å². The van der Waals surface area contributed by atoms with E-state index in [0.717, 1.165) is 11.6 Å². The number of benzene rings is 1. The van der Waals surface area contributed by atoms with Crippen molar-refractivity contribution in [3.63, 3.8) is 0 Å². The summed E-state index contributed by atoms with van der Waals surface area (Å²) in [5, 5.41) is 0. The van der Waals surface area contributed by atoms with Gasteiger partial charge in [-0.1, -0.05) is 30.3 Å². The molecule has 2 aromatic rings. The summed E-state index contributed by atoms with van der Waals surface area (Å²) < 4.78 is 45.5. The molecule has 1 aliphatic heterocycles. The maximum absolute atomic E-state index is 13.2. The van der Waals surface area contributed by atoms with E-state index in [1.165, 1.54) is 12.3 Å².